The summed E-state index contributed by atoms with van der Waals surface area (Å²) in [7, 11) is -3.10. The van der Waals surface area contributed by atoms with Crippen molar-refractivity contribution in [3.05, 3.63) is 29.8 Å². The van der Waals surface area contributed by atoms with Crippen LogP contribution in [0.25, 0.3) is 0 Å². The Kier molecular flexibility index (Phi) is 5.61. The second-order valence-corrected chi connectivity index (χ2v) is 7.61. The van der Waals surface area contributed by atoms with Crippen LogP contribution in [0.3, 0.4) is 0 Å². The molecule has 1 aromatic rings. The Morgan fingerprint density at radius 2 is 2.05 bits per heavy atom. The predicted octanol–water partition coefficient (Wildman–Crippen LogP) is 1.56. The van der Waals surface area contributed by atoms with Gasteiger partial charge in [-0.1, -0.05) is 19.1 Å². The van der Waals surface area contributed by atoms with Crippen LogP contribution in [0, 0.1) is 0 Å². The van der Waals surface area contributed by atoms with E-state index in [9.17, 15) is 8.42 Å². The van der Waals surface area contributed by atoms with Crippen molar-refractivity contribution >= 4 is 15.7 Å². The van der Waals surface area contributed by atoms with Crippen molar-refractivity contribution in [2.75, 3.05) is 24.6 Å². The molecule has 0 radical (unpaired) electrons. The van der Waals surface area contributed by atoms with Gasteiger partial charge in [-0.05, 0) is 37.0 Å². The molecule has 1 saturated heterocycles. The highest BCUT2D eigenvalue weighted by atomic mass is 32.2. The van der Waals surface area contributed by atoms with E-state index in [0.29, 0.717) is 6.42 Å². The van der Waals surface area contributed by atoms with E-state index in [1.807, 2.05) is 25.1 Å². The Bertz CT molecular complexity index is 552. The van der Waals surface area contributed by atoms with Crippen LogP contribution in [0.2, 0.25) is 0 Å². The molecule has 1 aromatic carbocycles. The van der Waals surface area contributed by atoms with Crippen molar-refractivity contribution in [3.63, 3.8) is 0 Å². The molecule has 0 bridgehead atoms. The van der Waals surface area contributed by atoms with Crippen LogP contribution < -0.4 is 10.5 Å². The number of sulfonamides is 1. The summed E-state index contributed by atoms with van der Waals surface area (Å²) >= 11 is 0. The smallest absolute Gasteiger partial charge is 0.211 e. The minimum absolute atomic E-state index is 0.0821. The van der Waals surface area contributed by atoms with Gasteiger partial charge < -0.3 is 5.73 Å². The molecule has 1 aliphatic rings. The minimum Gasteiger partial charge on any atom is -0.399 e. The highest BCUT2D eigenvalue weighted by Gasteiger charge is 2.23. The highest BCUT2D eigenvalue weighted by molar-refractivity contribution is 7.89. The first-order chi connectivity index (χ1) is 9.98. The maximum atomic E-state index is 11.8. The molecule has 0 amide bonds. The van der Waals surface area contributed by atoms with Crippen LogP contribution in [0.1, 0.15) is 31.7 Å². The number of benzene rings is 1. The van der Waals surface area contributed by atoms with Crippen molar-refractivity contribution in [2.24, 2.45) is 0 Å². The van der Waals surface area contributed by atoms with Gasteiger partial charge in [0, 0.05) is 31.4 Å². The number of nitrogen functional groups attached to an aromatic ring is 1. The van der Waals surface area contributed by atoms with E-state index in [-0.39, 0.29) is 11.8 Å². The van der Waals surface area contributed by atoms with Gasteiger partial charge in [0.25, 0.3) is 0 Å². The van der Waals surface area contributed by atoms with E-state index in [4.69, 9.17) is 5.73 Å². The topological polar surface area (TPSA) is 75.4 Å². The zero-order valence-electron chi connectivity index (χ0n) is 12.6. The largest absolute Gasteiger partial charge is 0.399 e. The summed E-state index contributed by atoms with van der Waals surface area (Å²) < 4.78 is 26.4. The Morgan fingerprint density at radius 1 is 1.33 bits per heavy atom. The first-order valence-electron chi connectivity index (χ1n) is 7.55. The number of hydrogen-bond acceptors (Lipinski definition) is 4. The molecule has 0 aromatic heterocycles. The van der Waals surface area contributed by atoms with E-state index in [0.717, 1.165) is 38.2 Å². The van der Waals surface area contributed by atoms with Gasteiger partial charge in [0.2, 0.25) is 10.0 Å². The van der Waals surface area contributed by atoms with Crippen molar-refractivity contribution < 1.29 is 8.42 Å². The lowest BCUT2D eigenvalue weighted by Gasteiger charge is -2.32. The van der Waals surface area contributed by atoms with E-state index in [1.54, 1.807) is 0 Å². The highest BCUT2D eigenvalue weighted by Crippen LogP contribution is 2.16. The number of anilines is 1. The Balaban J connectivity index is 1.81. The quantitative estimate of drug-likeness (QED) is 0.782. The zero-order chi connectivity index (χ0) is 15.3. The summed E-state index contributed by atoms with van der Waals surface area (Å²) in [6.45, 7) is 4.58. The van der Waals surface area contributed by atoms with Crippen molar-refractivity contribution in [1.82, 2.24) is 9.62 Å². The number of piperidine rings is 1. The number of nitrogens with zero attached hydrogens (tertiary/aromatic N) is 1. The Hall–Kier alpha value is -1.11. The van der Waals surface area contributed by atoms with E-state index in [2.05, 4.69) is 15.7 Å². The predicted molar refractivity (Wildman–Crippen MR) is 86.4 cm³/mol. The maximum Gasteiger partial charge on any atom is 0.211 e. The fourth-order valence-corrected chi connectivity index (χ4v) is 4.14. The summed E-state index contributed by atoms with van der Waals surface area (Å²) in [5.74, 6) is 0.219. The van der Waals surface area contributed by atoms with Gasteiger partial charge in [-0.25, -0.2) is 13.1 Å². The average Bonchev–Trinajstić information content (AvgIpc) is 2.40. The van der Waals surface area contributed by atoms with E-state index < -0.39 is 10.0 Å². The minimum atomic E-state index is -3.10. The lowest BCUT2D eigenvalue weighted by atomic mass is 10.1. The Morgan fingerprint density at radius 3 is 2.67 bits per heavy atom. The van der Waals surface area contributed by atoms with Crippen molar-refractivity contribution in [3.8, 4) is 0 Å². The summed E-state index contributed by atoms with van der Waals surface area (Å²) in [5, 5.41) is 0. The molecule has 5 nitrogen and oxygen atoms in total. The molecular weight excluding hydrogens is 286 g/mol. The first kappa shape index (κ1) is 16.3. The Labute approximate surface area is 127 Å². The summed E-state index contributed by atoms with van der Waals surface area (Å²) in [4.78, 5) is 2.35. The van der Waals surface area contributed by atoms with Crippen molar-refractivity contribution in [2.45, 2.75) is 38.8 Å². The monoisotopic (exact) mass is 311 g/mol. The fourth-order valence-electron chi connectivity index (χ4n) is 2.74. The van der Waals surface area contributed by atoms with Crippen LogP contribution >= 0.6 is 0 Å². The van der Waals surface area contributed by atoms with Gasteiger partial charge >= 0.3 is 0 Å². The van der Waals surface area contributed by atoms with Gasteiger partial charge in [0.15, 0.2) is 0 Å². The second kappa shape index (κ2) is 7.24. The molecule has 6 heteroatoms. The molecule has 0 aliphatic carbocycles. The number of hydrogen-bond donors (Lipinski definition) is 2. The first-order valence-corrected chi connectivity index (χ1v) is 9.20. The molecule has 0 unspecified atom stereocenters. The molecule has 1 heterocycles. The molecular formula is C15H25N3O2S. The van der Waals surface area contributed by atoms with Crippen LogP contribution in [-0.4, -0.2) is 38.2 Å². The molecule has 118 valence electrons. The SMILES string of the molecule is CCCS(=O)(=O)NC1CCN(Cc2cccc(N)c2)CC1. The van der Waals surface area contributed by atoms with Gasteiger partial charge in [-0.15, -0.1) is 0 Å². The van der Waals surface area contributed by atoms with Gasteiger partial charge in [0.1, 0.15) is 0 Å². The van der Waals surface area contributed by atoms with Gasteiger partial charge in [0.05, 0.1) is 5.75 Å². The molecule has 0 saturated carbocycles. The molecule has 0 spiro atoms. The third kappa shape index (κ3) is 5.30. The van der Waals surface area contributed by atoms with Crippen molar-refractivity contribution in [1.29, 1.82) is 0 Å². The molecule has 1 aliphatic heterocycles. The van der Waals surface area contributed by atoms with Crippen LogP contribution in [-0.2, 0) is 16.6 Å². The van der Waals surface area contributed by atoms with Crippen LogP contribution in [0.5, 0.6) is 0 Å². The molecule has 1 fully saturated rings. The molecule has 3 N–H and O–H groups in total. The third-order valence-corrected chi connectivity index (χ3v) is 5.40. The summed E-state index contributed by atoms with van der Waals surface area (Å²) in [6, 6.07) is 8.01. The summed E-state index contributed by atoms with van der Waals surface area (Å²) in [5.41, 5.74) is 7.78. The molecule has 21 heavy (non-hydrogen) atoms. The van der Waals surface area contributed by atoms with Gasteiger partial charge in [-0.2, -0.15) is 0 Å². The van der Waals surface area contributed by atoms with Gasteiger partial charge in [-0.3, -0.25) is 4.90 Å². The van der Waals surface area contributed by atoms with Crippen LogP contribution in [0.4, 0.5) is 5.69 Å². The fraction of sp³-hybridized carbons (Fsp3) is 0.600. The van der Waals surface area contributed by atoms with E-state index >= 15 is 0 Å². The number of likely N-dealkylation sites (tertiary alicyclic amines) is 1. The number of nitrogens with two attached hydrogens (primary N) is 1. The molecule has 2 rings (SSSR count). The summed E-state index contributed by atoms with van der Waals surface area (Å²) in [6.07, 6.45) is 2.39. The third-order valence-electron chi connectivity index (χ3n) is 3.76. The number of nitrogens with one attached hydrogen (secondary N) is 1. The van der Waals surface area contributed by atoms with Crippen LogP contribution in [0.15, 0.2) is 24.3 Å². The molecule has 0 atom stereocenters. The lowest BCUT2D eigenvalue weighted by molar-refractivity contribution is 0.200. The zero-order valence-corrected chi connectivity index (χ0v) is 13.4. The second-order valence-electron chi connectivity index (χ2n) is 5.73. The maximum absolute atomic E-state index is 11.8. The lowest BCUT2D eigenvalue weighted by Crippen LogP contribution is -2.44. The normalized spacial score (nSPS) is 18.0. The number of rotatable bonds is 6. The average molecular weight is 311 g/mol. The standard InChI is InChI=1S/C15H25N3O2S/c1-2-10-21(19,20)17-15-6-8-18(9-7-15)12-13-4-3-5-14(16)11-13/h3-5,11,15,17H,2,6-10,12,16H2,1H3. The van der Waals surface area contributed by atoms with E-state index in [1.165, 1.54) is 5.56 Å².